The van der Waals surface area contributed by atoms with Crippen molar-refractivity contribution in [3.8, 4) is 5.75 Å². The van der Waals surface area contributed by atoms with Gasteiger partial charge in [0.25, 0.3) is 11.6 Å². The molecule has 236 valence electrons. The molecule has 1 aliphatic heterocycles. The zero-order valence-corrected chi connectivity index (χ0v) is 25.5. The van der Waals surface area contributed by atoms with Gasteiger partial charge in [-0.1, -0.05) is 20.8 Å². The van der Waals surface area contributed by atoms with Crippen LogP contribution >= 0.6 is 0 Å². The number of amides is 1. The Hall–Kier alpha value is -3.79. The van der Waals surface area contributed by atoms with Gasteiger partial charge in [0.15, 0.2) is 5.76 Å². The summed E-state index contributed by atoms with van der Waals surface area (Å²) in [6, 6.07) is 8.77. The van der Waals surface area contributed by atoms with Gasteiger partial charge < -0.3 is 30.0 Å². The van der Waals surface area contributed by atoms with E-state index in [1.807, 2.05) is 20.8 Å². The van der Waals surface area contributed by atoms with Crippen LogP contribution < -0.4 is 15.4 Å². The summed E-state index contributed by atoms with van der Waals surface area (Å²) in [5.41, 5.74) is -0.328. The number of aromatic nitrogens is 1. The van der Waals surface area contributed by atoms with Gasteiger partial charge in [-0.25, -0.2) is 13.4 Å². The Morgan fingerprint density at radius 3 is 2.49 bits per heavy atom. The summed E-state index contributed by atoms with van der Waals surface area (Å²) in [6.45, 7) is 6.10. The number of aliphatic hydroxyl groups is 1. The third-order valence-electron chi connectivity index (χ3n) is 6.76. The summed E-state index contributed by atoms with van der Waals surface area (Å²) in [6.07, 6.45) is 2.58. The van der Waals surface area contributed by atoms with Crippen molar-refractivity contribution in [3.63, 3.8) is 0 Å². The van der Waals surface area contributed by atoms with E-state index >= 15 is 0 Å². The molecule has 0 spiro atoms. The van der Waals surface area contributed by atoms with Gasteiger partial charge in [0.2, 0.25) is 16.3 Å². The lowest BCUT2D eigenvalue weighted by Crippen LogP contribution is -2.40. The number of hydrogen-bond donors (Lipinski definition) is 3. The van der Waals surface area contributed by atoms with E-state index in [1.54, 1.807) is 18.2 Å². The number of pyridine rings is 1. The highest BCUT2D eigenvalue weighted by atomic mass is 32.2. The maximum atomic E-state index is 13.2. The van der Waals surface area contributed by atoms with Gasteiger partial charge in [0.05, 0.1) is 30.1 Å². The van der Waals surface area contributed by atoms with E-state index in [4.69, 9.17) is 14.2 Å². The second-order valence-electron chi connectivity index (χ2n) is 10.8. The largest absolute Gasteiger partial charge is 0.497 e. The third-order valence-corrected chi connectivity index (χ3v) is 8.67. The summed E-state index contributed by atoms with van der Waals surface area (Å²) < 4.78 is 44.4. The zero-order chi connectivity index (χ0) is 31.6. The molecule has 0 bridgehead atoms. The number of rotatable bonds is 15. The average molecular weight is 622 g/mol. The van der Waals surface area contributed by atoms with Crippen LogP contribution in [0.4, 0.5) is 11.5 Å². The Kier molecular flexibility index (Phi) is 11.8. The smallest absolute Gasteiger partial charge is 0.287 e. The van der Waals surface area contributed by atoms with Crippen LogP contribution in [0, 0.1) is 21.4 Å². The quantitative estimate of drug-likeness (QED) is 0.151. The monoisotopic (exact) mass is 621 g/mol. The number of hydrogen-bond acceptors (Lipinski definition) is 11. The highest BCUT2D eigenvalue weighted by Gasteiger charge is 2.34. The molecular weight excluding hydrogens is 582 g/mol. The van der Waals surface area contributed by atoms with Gasteiger partial charge in [0, 0.05) is 38.7 Å². The Balaban J connectivity index is 1.57. The summed E-state index contributed by atoms with van der Waals surface area (Å²) in [5, 5.41) is 26.0. The molecule has 15 heteroatoms. The molecule has 0 radical (unpaired) electrons. The molecule has 3 rings (SSSR count). The number of benzene rings is 1. The Morgan fingerprint density at radius 1 is 1.19 bits per heavy atom. The van der Waals surface area contributed by atoms with Crippen molar-refractivity contribution in [2.75, 3.05) is 51.8 Å². The number of nitrogens with zero attached hydrogens (tertiary/aromatic N) is 3. The summed E-state index contributed by atoms with van der Waals surface area (Å²) >= 11 is 0. The van der Waals surface area contributed by atoms with Crippen molar-refractivity contribution in [1.82, 2.24) is 14.6 Å². The number of allylic oxidation sites excluding steroid dienone is 1. The van der Waals surface area contributed by atoms with Crippen molar-refractivity contribution < 1.29 is 37.5 Å². The first kappa shape index (κ1) is 33.7. The molecule has 1 aromatic carbocycles. The van der Waals surface area contributed by atoms with Crippen molar-refractivity contribution in [3.05, 3.63) is 64.5 Å². The molecule has 0 saturated heterocycles. The number of aliphatic hydroxyl groups excluding tert-OH is 1. The Morgan fingerprint density at radius 2 is 1.91 bits per heavy atom. The first-order chi connectivity index (χ1) is 20.3. The topological polar surface area (TPSA) is 182 Å². The van der Waals surface area contributed by atoms with Crippen LogP contribution in [0.1, 0.15) is 27.2 Å². The van der Waals surface area contributed by atoms with E-state index in [9.17, 15) is 28.4 Å². The standard InChI is InChI=1S/C28H39N5O9S/c1-28(2,3)20-17-24(27(35)30-12-11-29-25-10-5-21(19-31-25)33(36)37)42-26(18-20)41-16-14-32(13-15-34)43(38,39)23-8-6-22(40-4)7-9-23/h5-10,17,19-20,26,34H,11-16,18H2,1-4H3,(H,29,31)(H,30,35)/t20-,26+/m0/s1. The normalized spacial score (nSPS) is 17.1. The minimum atomic E-state index is -3.91. The summed E-state index contributed by atoms with van der Waals surface area (Å²) in [7, 11) is -2.42. The van der Waals surface area contributed by atoms with E-state index in [-0.39, 0.29) is 60.5 Å². The minimum Gasteiger partial charge on any atom is -0.497 e. The van der Waals surface area contributed by atoms with Gasteiger partial charge in [-0.3, -0.25) is 14.9 Å². The molecule has 1 aliphatic rings. The fourth-order valence-electron chi connectivity index (χ4n) is 4.22. The molecule has 2 atom stereocenters. The molecule has 0 saturated carbocycles. The Labute approximate surface area is 251 Å². The molecular formula is C28H39N5O9S. The molecule has 0 aliphatic carbocycles. The van der Waals surface area contributed by atoms with Crippen LogP contribution in [0.25, 0.3) is 0 Å². The first-order valence-electron chi connectivity index (χ1n) is 13.7. The van der Waals surface area contributed by atoms with Crippen LogP contribution in [0.15, 0.2) is 59.3 Å². The Bertz CT molecular complexity index is 1360. The molecule has 14 nitrogen and oxygen atoms in total. The third kappa shape index (κ3) is 9.61. The lowest BCUT2D eigenvalue weighted by Gasteiger charge is -2.36. The van der Waals surface area contributed by atoms with Crippen molar-refractivity contribution in [1.29, 1.82) is 0 Å². The number of ether oxygens (including phenoxy) is 3. The fraction of sp³-hybridized carbons (Fsp3) is 0.500. The van der Waals surface area contributed by atoms with Gasteiger partial charge in [-0.15, -0.1) is 0 Å². The van der Waals surface area contributed by atoms with Gasteiger partial charge in [0.1, 0.15) is 17.8 Å². The number of nitro groups is 1. The van der Waals surface area contributed by atoms with Gasteiger partial charge >= 0.3 is 0 Å². The lowest BCUT2D eigenvalue weighted by atomic mass is 9.77. The van der Waals surface area contributed by atoms with Crippen LogP contribution in [0.2, 0.25) is 0 Å². The van der Waals surface area contributed by atoms with E-state index < -0.39 is 27.1 Å². The highest BCUT2D eigenvalue weighted by Crippen LogP contribution is 2.36. The van der Waals surface area contributed by atoms with Crippen LogP contribution in [0.5, 0.6) is 5.75 Å². The number of carbonyl (C=O) groups excluding carboxylic acids is 1. The number of nitrogens with one attached hydrogen (secondary N) is 2. The minimum absolute atomic E-state index is 0.0298. The fourth-order valence-corrected chi connectivity index (χ4v) is 5.64. The molecule has 43 heavy (non-hydrogen) atoms. The number of carbonyl (C=O) groups is 1. The summed E-state index contributed by atoms with van der Waals surface area (Å²) in [4.78, 5) is 27.2. The second-order valence-corrected chi connectivity index (χ2v) is 12.7. The van der Waals surface area contributed by atoms with E-state index in [0.29, 0.717) is 24.5 Å². The van der Waals surface area contributed by atoms with Crippen LogP contribution in [-0.4, -0.2) is 86.4 Å². The molecule has 2 aromatic rings. The lowest BCUT2D eigenvalue weighted by molar-refractivity contribution is -0.385. The van der Waals surface area contributed by atoms with Gasteiger partial charge in [-0.05, 0) is 47.7 Å². The van der Waals surface area contributed by atoms with Crippen molar-refractivity contribution in [2.45, 2.75) is 38.4 Å². The molecule has 1 aromatic heterocycles. The predicted octanol–water partition coefficient (Wildman–Crippen LogP) is 2.52. The molecule has 2 heterocycles. The number of anilines is 1. The SMILES string of the molecule is COc1ccc(S(=O)(=O)N(CCO)CCO[C@H]2C[C@@H](C(C)(C)C)C=C(C(=O)NCCNc3ccc([N+](=O)[O-])cn3)O2)cc1. The molecule has 0 unspecified atom stereocenters. The summed E-state index contributed by atoms with van der Waals surface area (Å²) in [5.74, 6) is 0.543. The first-order valence-corrected chi connectivity index (χ1v) is 15.2. The van der Waals surface area contributed by atoms with Crippen LogP contribution in [0.3, 0.4) is 0 Å². The molecule has 0 fully saturated rings. The molecule has 3 N–H and O–H groups in total. The predicted molar refractivity (Wildman–Crippen MR) is 158 cm³/mol. The average Bonchev–Trinajstić information content (AvgIpc) is 2.98. The highest BCUT2D eigenvalue weighted by molar-refractivity contribution is 7.89. The van der Waals surface area contributed by atoms with E-state index in [1.165, 1.54) is 31.4 Å². The van der Waals surface area contributed by atoms with Crippen molar-refractivity contribution >= 4 is 27.4 Å². The maximum absolute atomic E-state index is 13.2. The van der Waals surface area contributed by atoms with E-state index in [0.717, 1.165) is 10.5 Å². The van der Waals surface area contributed by atoms with Crippen molar-refractivity contribution in [2.24, 2.45) is 11.3 Å². The zero-order valence-electron chi connectivity index (χ0n) is 24.7. The number of sulfonamides is 1. The second kappa shape index (κ2) is 15.1. The maximum Gasteiger partial charge on any atom is 0.287 e. The van der Waals surface area contributed by atoms with Crippen LogP contribution in [-0.2, 0) is 24.3 Å². The number of methoxy groups -OCH3 is 1. The van der Waals surface area contributed by atoms with E-state index in [2.05, 4.69) is 15.6 Å². The molecule has 1 amide bonds. The van der Waals surface area contributed by atoms with Gasteiger partial charge in [-0.2, -0.15) is 4.31 Å².